The molecule has 156 valence electrons. The van der Waals surface area contributed by atoms with Gasteiger partial charge >= 0.3 is 0 Å². The number of nitrogens with zero attached hydrogens (tertiary/aromatic N) is 6. The van der Waals surface area contributed by atoms with E-state index in [0.717, 1.165) is 81.7 Å². The normalized spacial score (nSPS) is 17.6. The zero-order valence-electron chi connectivity index (χ0n) is 17.5. The first-order chi connectivity index (χ1) is 14.8. The molecule has 0 radical (unpaired) electrons. The van der Waals surface area contributed by atoms with Crippen molar-refractivity contribution in [3.05, 3.63) is 48.4 Å². The van der Waals surface area contributed by atoms with Gasteiger partial charge in [-0.05, 0) is 18.6 Å². The fraction of sp³-hybridized carbons (Fsp3) is 0.435. The Bertz CT molecular complexity index is 1010. The van der Waals surface area contributed by atoms with E-state index in [1.807, 2.05) is 0 Å². The zero-order valence-corrected chi connectivity index (χ0v) is 17.5. The summed E-state index contributed by atoms with van der Waals surface area (Å²) in [6, 6.07) is 12.9. The van der Waals surface area contributed by atoms with Crippen LogP contribution in [0.3, 0.4) is 0 Å². The van der Waals surface area contributed by atoms with Gasteiger partial charge in [0.25, 0.3) is 0 Å². The molecule has 2 aliphatic rings. The molecule has 2 fully saturated rings. The molecule has 0 aliphatic carbocycles. The number of hydrogen-bond donors (Lipinski definition) is 0. The van der Waals surface area contributed by atoms with E-state index in [0.29, 0.717) is 0 Å². The number of fused-ring (bicyclic) bond motifs is 1. The van der Waals surface area contributed by atoms with Crippen LogP contribution in [0, 0.1) is 0 Å². The van der Waals surface area contributed by atoms with Gasteiger partial charge in [-0.3, -0.25) is 4.98 Å². The molecule has 7 heteroatoms. The SMILES string of the molecule is CCc1cc(N2CCN(c3cc(N4CCOCC4)ncn3)CC2)c2ccccc2n1. The van der Waals surface area contributed by atoms with Gasteiger partial charge in [-0.25, -0.2) is 9.97 Å². The summed E-state index contributed by atoms with van der Waals surface area (Å²) in [5.74, 6) is 2.01. The van der Waals surface area contributed by atoms with Gasteiger partial charge in [0.2, 0.25) is 0 Å². The van der Waals surface area contributed by atoms with Crippen LogP contribution in [0.2, 0.25) is 0 Å². The molecule has 0 N–H and O–H groups in total. The molecule has 2 aliphatic heterocycles. The highest BCUT2D eigenvalue weighted by Crippen LogP contribution is 2.29. The maximum atomic E-state index is 5.46. The first kappa shape index (κ1) is 19.1. The molecule has 1 aromatic carbocycles. The lowest BCUT2D eigenvalue weighted by Gasteiger charge is -2.37. The molecular formula is C23H28N6O. The maximum absolute atomic E-state index is 5.46. The highest BCUT2D eigenvalue weighted by atomic mass is 16.5. The van der Waals surface area contributed by atoms with E-state index in [1.165, 1.54) is 11.1 Å². The number of morpholine rings is 1. The lowest BCUT2D eigenvalue weighted by Crippen LogP contribution is -2.47. The van der Waals surface area contributed by atoms with Crippen molar-refractivity contribution in [2.24, 2.45) is 0 Å². The van der Waals surface area contributed by atoms with Crippen LogP contribution in [0.25, 0.3) is 10.9 Å². The Morgan fingerprint density at radius 3 is 2.23 bits per heavy atom. The quantitative estimate of drug-likeness (QED) is 0.663. The topological polar surface area (TPSA) is 57.6 Å². The molecule has 0 amide bonds. The molecule has 0 bridgehead atoms. The van der Waals surface area contributed by atoms with E-state index in [9.17, 15) is 0 Å². The van der Waals surface area contributed by atoms with Crippen molar-refractivity contribution >= 4 is 28.2 Å². The molecular weight excluding hydrogens is 376 g/mol. The first-order valence-electron chi connectivity index (χ1n) is 10.8. The van der Waals surface area contributed by atoms with Crippen LogP contribution < -0.4 is 14.7 Å². The molecule has 5 rings (SSSR count). The Morgan fingerprint density at radius 1 is 0.833 bits per heavy atom. The van der Waals surface area contributed by atoms with E-state index < -0.39 is 0 Å². The summed E-state index contributed by atoms with van der Waals surface area (Å²) >= 11 is 0. The minimum Gasteiger partial charge on any atom is -0.378 e. The van der Waals surface area contributed by atoms with Gasteiger partial charge in [0, 0.05) is 62.1 Å². The minimum atomic E-state index is 0.762. The number of hydrogen-bond acceptors (Lipinski definition) is 7. The number of ether oxygens (including phenoxy) is 1. The molecule has 7 nitrogen and oxygen atoms in total. The predicted molar refractivity (Wildman–Crippen MR) is 121 cm³/mol. The van der Waals surface area contributed by atoms with E-state index in [2.05, 4.69) is 68.0 Å². The fourth-order valence-corrected chi connectivity index (χ4v) is 4.30. The smallest absolute Gasteiger partial charge is 0.134 e. The molecule has 3 aromatic rings. The molecule has 0 atom stereocenters. The number of anilines is 3. The summed E-state index contributed by atoms with van der Waals surface area (Å²) in [7, 11) is 0. The molecule has 2 aromatic heterocycles. The highest BCUT2D eigenvalue weighted by Gasteiger charge is 2.22. The van der Waals surface area contributed by atoms with E-state index in [1.54, 1.807) is 6.33 Å². The van der Waals surface area contributed by atoms with E-state index in [-0.39, 0.29) is 0 Å². The first-order valence-corrected chi connectivity index (χ1v) is 10.8. The lowest BCUT2D eigenvalue weighted by molar-refractivity contribution is 0.122. The zero-order chi connectivity index (χ0) is 20.3. The number of benzene rings is 1. The standard InChI is InChI=1S/C23H28N6O/c1-2-18-15-21(19-5-3-4-6-20(19)26-18)27-7-9-28(10-8-27)22-16-23(25-17-24-22)29-11-13-30-14-12-29/h3-6,15-17H,2,7-14H2,1H3. The molecule has 30 heavy (non-hydrogen) atoms. The number of piperazine rings is 1. The Kier molecular flexibility index (Phi) is 5.36. The molecule has 0 unspecified atom stereocenters. The van der Waals surface area contributed by atoms with Gasteiger partial charge in [-0.15, -0.1) is 0 Å². The monoisotopic (exact) mass is 404 g/mol. The van der Waals surface area contributed by atoms with Gasteiger partial charge in [0.05, 0.1) is 18.7 Å². The summed E-state index contributed by atoms with van der Waals surface area (Å²) in [4.78, 5) is 21.0. The van der Waals surface area contributed by atoms with Gasteiger partial charge in [-0.1, -0.05) is 25.1 Å². The van der Waals surface area contributed by atoms with Gasteiger partial charge in [0.1, 0.15) is 18.0 Å². The minimum absolute atomic E-state index is 0.762. The number of rotatable bonds is 4. The van der Waals surface area contributed by atoms with Crippen LogP contribution in [0.15, 0.2) is 42.7 Å². The summed E-state index contributed by atoms with van der Waals surface area (Å²) in [5.41, 5.74) is 3.53. The number of pyridine rings is 1. The number of para-hydroxylation sites is 1. The molecule has 2 saturated heterocycles. The average molecular weight is 405 g/mol. The van der Waals surface area contributed by atoms with Crippen molar-refractivity contribution in [1.29, 1.82) is 0 Å². The lowest BCUT2D eigenvalue weighted by atomic mass is 10.1. The van der Waals surface area contributed by atoms with Crippen molar-refractivity contribution in [2.75, 3.05) is 67.2 Å². The maximum Gasteiger partial charge on any atom is 0.134 e. The molecule has 0 saturated carbocycles. The van der Waals surface area contributed by atoms with Crippen molar-refractivity contribution in [1.82, 2.24) is 15.0 Å². The molecule has 4 heterocycles. The van der Waals surface area contributed by atoms with Gasteiger partial charge in [0.15, 0.2) is 0 Å². The number of aromatic nitrogens is 3. The fourth-order valence-electron chi connectivity index (χ4n) is 4.30. The van der Waals surface area contributed by atoms with E-state index in [4.69, 9.17) is 9.72 Å². The van der Waals surface area contributed by atoms with Crippen LogP contribution >= 0.6 is 0 Å². The van der Waals surface area contributed by atoms with Crippen molar-refractivity contribution < 1.29 is 4.74 Å². The van der Waals surface area contributed by atoms with Gasteiger partial charge < -0.3 is 19.4 Å². The Hall–Kier alpha value is -2.93. The third kappa shape index (κ3) is 3.77. The summed E-state index contributed by atoms with van der Waals surface area (Å²) in [6.07, 6.45) is 2.64. The van der Waals surface area contributed by atoms with Gasteiger partial charge in [-0.2, -0.15) is 0 Å². The summed E-state index contributed by atoms with van der Waals surface area (Å²) < 4.78 is 5.46. The second-order valence-electron chi connectivity index (χ2n) is 7.81. The molecule has 0 spiro atoms. The van der Waals surface area contributed by atoms with Crippen LogP contribution in [-0.2, 0) is 11.2 Å². The van der Waals surface area contributed by atoms with E-state index >= 15 is 0 Å². The summed E-state index contributed by atoms with van der Waals surface area (Å²) in [5, 5.41) is 1.24. The number of aryl methyl sites for hydroxylation is 1. The van der Waals surface area contributed by atoms with Crippen molar-refractivity contribution in [2.45, 2.75) is 13.3 Å². The Balaban J connectivity index is 1.33. The van der Waals surface area contributed by atoms with Crippen LogP contribution in [0.1, 0.15) is 12.6 Å². The second-order valence-corrected chi connectivity index (χ2v) is 7.81. The Morgan fingerprint density at radius 2 is 1.50 bits per heavy atom. The highest BCUT2D eigenvalue weighted by molar-refractivity contribution is 5.92. The van der Waals surface area contributed by atoms with Crippen LogP contribution in [0.5, 0.6) is 0 Å². The van der Waals surface area contributed by atoms with Crippen LogP contribution in [0.4, 0.5) is 17.3 Å². The van der Waals surface area contributed by atoms with Crippen LogP contribution in [-0.4, -0.2) is 67.4 Å². The van der Waals surface area contributed by atoms with Crippen molar-refractivity contribution in [3.8, 4) is 0 Å². The summed E-state index contributed by atoms with van der Waals surface area (Å²) in [6.45, 7) is 9.28. The third-order valence-corrected chi connectivity index (χ3v) is 6.03. The predicted octanol–water partition coefficient (Wildman–Crippen LogP) is 2.75. The Labute approximate surface area is 177 Å². The largest absolute Gasteiger partial charge is 0.378 e. The van der Waals surface area contributed by atoms with Crippen molar-refractivity contribution in [3.63, 3.8) is 0 Å². The average Bonchev–Trinajstić information content (AvgIpc) is 2.84. The second kappa shape index (κ2) is 8.44. The third-order valence-electron chi connectivity index (χ3n) is 6.03.